The van der Waals surface area contributed by atoms with Crippen LogP contribution in [0.2, 0.25) is 0 Å². The number of H-pyrrole nitrogens is 1. The van der Waals surface area contributed by atoms with Gasteiger partial charge < -0.3 is 14.5 Å². The fourth-order valence-corrected chi connectivity index (χ4v) is 1.66. The van der Waals surface area contributed by atoms with Crippen LogP contribution in [-0.2, 0) is 15.3 Å². The minimum Gasteiger partial charge on any atom is -0.367 e. The summed E-state index contributed by atoms with van der Waals surface area (Å²) in [5.41, 5.74) is 0.993. The Morgan fingerprint density at radius 3 is 2.57 bits per heavy atom. The molecule has 1 N–H and O–H groups in total. The van der Waals surface area contributed by atoms with E-state index < -0.39 is 5.79 Å². The molecule has 0 atom stereocenters. The number of alkyl halides is 1. The molecule has 0 radical (unpaired) electrons. The Morgan fingerprint density at radius 1 is 1.43 bits per heavy atom. The summed E-state index contributed by atoms with van der Waals surface area (Å²) in [4.78, 5) is 2.99. The molecule has 1 aromatic rings. The van der Waals surface area contributed by atoms with E-state index in [0.717, 1.165) is 18.4 Å². The molecule has 1 heterocycles. The highest BCUT2D eigenvalue weighted by Gasteiger charge is 2.31. The fourth-order valence-electron chi connectivity index (χ4n) is 1.53. The number of nitrogens with one attached hydrogen (secondary N) is 1. The average molecular weight is 218 g/mol. The Bertz CT molecular complexity index is 245. The lowest BCUT2D eigenvalue weighted by Gasteiger charge is -2.30. The molecule has 4 heteroatoms. The number of hydrogen-bond acceptors (Lipinski definition) is 2. The van der Waals surface area contributed by atoms with Gasteiger partial charge in [0.15, 0.2) is 5.79 Å². The minimum atomic E-state index is -0.658. The van der Waals surface area contributed by atoms with E-state index in [1.165, 1.54) is 0 Å². The summed E-state index contributed by atoms with van der Waals surface area (Å²) in [5.74, 6) is -0.0478. The van der Waals surface area contributed by atoms with Gasteiger partial charge in [-0.1, -0.05) is 0 Å². The van der Waals surface area contributed by atoms with Crippen molar-refractivity contribution in [2.24, 2.45) is 0 Å². The van der Waals surface area contributed by atoms with Gasteiger partial charge in [-0.05, 0) is 12.5 Å². The number of hydrogen-bond donors (Lipinski definition) is 1. The van der Waals surface area contributed by atoms with Gasteiger partial charge in [0.1, 0.15) is 0 Å². The fraction of sp³-hybridized carbons (Fsp3) is 0.600. The normalized spacial score (nSPS) is 11.9. The molecule has 0 bridgehead atoms. The summed E-state index contributed by atoms with van der Waals surface area (Å²) in [5, 5.41) is 0. The Balaban J connectivity index is 2.80. The predicted octanol–water partition coefficient (Wildman–Crippen LogP) is 2.48. The first-order valence-corrected chi connectivity index (χ1v) is 5.12. The zero-order chi connectivity index (χ0) is 10.4. The van der Waals surface area contributed by atoms with Crippen molar-refractivity contribution < 1.29 is 9.47 Å². The van der Waals surface area contributed by atoms with Crippen molar-refractivity contribution in [3.05, 3.63) is 24.0 Å². The smallest absolute Gasteiger partial charge is 0.195 e. The van der Waals surface area contributed by atoms with Gasteiger partial charge in [-0.3, -0.25) is 0 Å². The summed E-state index contributed by atoms with van der Waals surface area (Å²) in [6.07, 6.45) is 5.33. The van der Waals surface area contributed by atoms with Gasteiger partial charge in [-0.25, -0.2) is 0 Å². The lowest BCUT2D eigenvalue weighted by Crippen LogP contribution is -2.30. The molecular formula is C10H16ClNO2. The Morgan fingerprint density at radius 2 is 2.14 bits per heavy atom. The maximum atomic E-state index is 5.66. The molecule has 0 saturated heterocycles. The van der Waals surface area contributed by atoms with Gasteiger partial charge >= 0.3 is 0 Å². The molecule has 0 aliphatic carbocycles. The van der Waals surface area contributed by atoms with Crippen molar-refractivity contribution in [3.63, 3.8) is 0 Å². The van der Waals surface area contributed by atoms with E-state index in [1.807, 2.05) is 18.5 Å². The van der Waals surface area contributed by atoms with Gasteiger partial charge in [0, 0.05) is 44.5 Å². The topological polar surface area (TPSA) is 34.2 Å². The van der Waals surface area contributed by atoms with Crippen LogP contribution >= 0.6 is 11.6 Å². The number of aromatic nitrogens is 1. The molecule has 0 spiro atoms. The van der Waals surface area contributed by atoms with E-state index >= 15 is 0 Å². The van der Waals surface area contributed by atoms with Crippen molar-refractivity contribution in [1.29, 1.82) is 0 Å². The van der Waals surface area contributed by atoms with Crippen molar-refractivity contribution in [2.45, 2.75) is 18.6 Å². The van der Waals surface area contributed by atoms with Crippen molar-refractivity contribution in [1.82, 2.24) is 4.98 Å². The first-order valence-electron chi connectivity index (χ1n) is 4.58. The molecule has 14 heavy (non-hydrogen) atoms. The number of halogens is 1. The van der Waals surface area contributed by atoms with Crippen LogP contribution in [0.15, 0.2) is 18.5 Å². The minimum absolute atomic E-state index is 0.610. The highest BCUT2D eigenvalue weighted by molar-refractivity contribution is 6.17. The molecule has 3 nitrogen and oxygen atoms in total. The van der Waals surface area contributed by atoms with E-state index in [1.54, 1.807) is 14.2 Å². The highest BCUT2D eigenvalue weighted by Crippen LogP contribution is 2.30. The maximum absolute atomic E-state index is 5.66. The second-order valence-electron chi connectivity index (χ2n) is 3.05. The van der Waals surface area contributed by atoms with E-state index in [2.05, 4.69) is 4.98 Å². The van der Waals surface area contributed by atoms with Crippen LogP contribution in [0.25, 0.3) is 0 Å². The van der Waals surface area contributed by atoms with Gasteiger partial charge in [-0.2, -0.15) is 0 Å². The highest BCUT2D eigenvalue weighted by atomic mass is 35.5. The van der Waals surface area contributed by atoms with Crippen LogP contribution in [0, 0.1) is 0 Å². The third-order valence-corrected chi connectivity index (χ3v) is 2.60. The molecule has 0 fully saturated rings. The lowest BCUT2D eigenvalue weighted by atomic mass is 10.0. The SMILES string of the molecule is COC(CCCCl)(OC)c1cc[nH]c1. The van der Waals surface area contributed by atoms with Crippen LogP contribution in [0.5, 0.6) is 0 Å². The molecule has 0 unspecified atom stereocenters. The zero-order valence-corrected chi connectivity index (χ0v) is 9.30. The monoisotopic (exact) mass is 217 g/mol. The van der Waals surface area contributed by atoms with Crippen LogP contribution in [0.1, 0.15) is 18.4 Å². The van der Waals surface area contributed by atoms with E-state index in [-0.39, 0.29) is 0 Å². The van der Waals surface area contributed by atoms with Gasteiger partial charge in [0.2, 0.25) is 0 Å². The Hall–Kier alpha value is -0.510. The molecule has 1 rings (SSSR count). The van der Waals surface area contributed by atoms with E-state index in [4.69, 9.17) is 21.1 Å². The number of aromatic amines is 1. The molecule has 1 aromatic heterocycles. The van der Waals surface area contributed by atoms with Crippen LogP contribution < -0.4 is 0 Å². The number of methoxy groups -OCH3 is 2. The largest absolute Gasteiger partial charge is 0.367 e. The number of rotatable bonds is 6. The molecular weight excluding hydrogens is 202 g/mol. The maximum Gasteiger partial charge on any atom is 0.195 e. The summed E-state index contributed by atoms with van der Waals surface area (Å²) < 4.78 is 10.9. The standard InChI is InChI=1S/C10H16ClNO2/c1-13-10(14-2,5-3-6-11)9-4-7-12-8-9/h4,7-8,12H,3,5-6H2,1-2H3. The lowest BCUT2D eigenvalue weighted by molar-refractivity contribution is -0.220. The van der Waals surface area contributed by atoms with Gasteiger partial charge in [-0.15, -0.1) is 11.6 Å². The number of ether oxygens (including phenoxy) is 2. The van der Waals surface area contributed by atoms with E-state index in [0.29, 0.717) is 5.88 Å². The quantitative estimate of drug-likeness (QED) is 0.587. The molecule has 0 saturated carbocycles. The molecule has 0 amide bonds. The first-order chi connectivity index (χ1) is 6.79. The zero-order valence-electron chi connectivity index (χ0n) is 8.55. The Kier molecular flexibility index (Phi) is 4.45. The van der Waals surface area contributed by atoms with Gasteiger partial charge in [0.25, 0.3) is 0 Å². The van der Waals surface area contributed by atoms with E-state index in [9.17, 15) is 0 Å². The summed E-state index contributed by atoms with van der Waals surface area (Å²) in [6, 6.07) is 1.95. The second-order valence-corrected chi connectivity index (χ2v) is 3.43. The van der Waals surface area contributed by atoms with Crippen molar-refractivity contribution in [3.8, 4) is 0 Å². The van der Waals surface area contributed by atoms with Gasteiger partial charge in [0.05, 0.1) is 0 Å². The van der Waals surface area contributed by atoms with Crippen LogP contribution in [0.3, 0.4) is 0 Å². The molecule has 0 aliphatic heterocycles. The van der Waals surface area contributed by atoms with Crippen molar-refractivity contribution in [2.75, 3.05) is 20.1 Å². The Labute approximate surface area is 89.4 Å². The summed E-state index contributed by atoms with van der Waals surface area (Å²) >= 11 is 5.66. The average Bonchev–Trinajstić information content (AvgIpc) is 2.74. The van der Waals surface area contributed by atoms with Crippen LogP contribution in [-0.4, -0.2) is 25.1 Å². The van der Waals surface area contributed by atoms with Crippen molar-refractivity contribution >= 4 is 11.6 Å². The third kappa shape index (κ3) is 2.29. The molecule has 0 aliphatic rings. The summed E-state index contributed by atoms with van der Waals surface area (Å²) in [6.45, 7) is 0. The summed E-state index contributed by atoms with van der Waals surface area (Å²) in [7, 11) is 3.29. The third-order valence-electron chi connectivity index (χ3n) is 2.34. The predicted molar refractivity (Wildman–Crippen MR) is 56.4 cm³/mol. The second kappa shape index (κ2) is 5.39. The molecule has 80 valence electrons. The molecule has 0 aromatic carbocycles. The first kappa shape index (κ1) is 11.6. The van der Waals surface area contributed by atoms with Crippen LogP contribution in [0.4, 0.5) is 0 Å².